The summed E-state index contributed by atoms with van der Waals surface area (Å²) in [5, 5.41) is 0. The zero-order valence-electron chi connectivity index (χ0n) is 27.0. The van der Waals surface area contributed by atoms with E-state index in [1.807, 2.05) is 12.3 Å². The normalized spacial score (nSPS) is 13.2. The maximum Gasteiger partial charge on any atom is 0.0937 e. The van der Waals surface area contributed by atoms with Gasteiger partial charge in [0.05, 0.1) is 28.5 Å². The minimum absolute atomic E-state index is 0.191. The van der Waals surface area contributed by atoms with Crippen LogP contribution in [0.3, 0.4) is 0 Å². The molecular weight excluding hydrogens is 486 g/mol. The van der Waals surface area contributed by atoms with Crippen molar-refractivity contribution in [1.29, 1.82) is 0 Å². The zero-order valence-corrected chi connectivity index (χ0v) is 27.0. The molecule has 3 heteroatoms. The molecule has 0 radical (unpaired) electrons. The lowest BCUT2D eigenvalue weighted by Crippen LogP contribution is -2.20. The van der Waals surface area contributed by atoms with Crippen molar-refractivity contribution in [2.75, 3.05) is 0 Å². The van der Waals surface area contributed by atoms with Crippen LogP contribution in [-0.4, -0.2) is 16.4 Å². The Labute approximate surface area is 244 Å². The monoisotopic (exact) mass is 537 g/mol. The highest BCUT2D eigenvalue weighted by atomic mass is 14.8. The number of hydrogen-bond acceptors (Lipinski definition) is 3. The van der Waals surface area contributed by atoms with E-state index in [2.05, 4.69) is 126 Å². The minimum Gasteiger partial charge on any atom is -0.254 e. The largest absolute Gasteiger partial charge is 0.254 e. The summed E-state index contributed by atoms with van der Waals surface area (Å²) < 4.78 is 0. The molecule has 0 saturated heterocycles. The van der Waals surface area contributed by atoms with Gasteiger partial charge in [0.1, 0.15) is 0 Å². The molecule has 0 aliphatic heterocycles. The van der Waals surface area contributed by atoms with E-state index in [1.54, 1.807) is 0 Å². The first-order valence-electron chi connectivity index (χ1n) is 15.2. The number of aromatic nitrogens is 1. The molecule has 214 valence electrons. The molecule has 0 N–H and O–H groups in total. The highest BCUT2D eigenvalue weighted by Gasteiger charge is 2.23. The van der Waals surface area contributed by atoms with Crippen molar-refractivity contribution >= 4 is 22.8 Å². The summed E-state index contributed by atoms with van der Waals surface area (Å²) in [7, 11) is 0. The molecule has 1 heterocycles. The number of rotatable bonds is 10. The van der Waals surface area contributed by atoms with Crippen LogP contribution in [0.2, 0.25) is 0 Å². The first-order chi connectivity index (χ1) is 18.8. The molecular formula is C37H51N3. The van der Waals surface area contributed by atoms with E-state index >= 15 is 0 Å². The first kappa shape index (κ1) is 31.5. The Bertz CT molecular complexity index is 1200. The van der Waals surface area contributed by atoms with Crippen molar-refractivity contribution in [2.24, 2.45) is 21.8 Å². The lowest BCUT2D eigenvalue weighted by molar-refractivity contribution is 0.828. The molecule has 0 amide bonds. The standard InChI is InChI=1S/C37H51N3/c1-22(2)28-16-13-17-29(23(3)4)35(28)39-33(26(9)10)32-20-15-21-38-37(32)34(27(11)12)40-36-30(24(5)6)18-14-19-31(36)25(7)8/h13-27H,1-12H3. The smallest absolute Gasteiger partial charge is 0.0937 e. The Morgan fingerprint density at radius 2 is 0.875 bits per heavy atom. The zero-order chi connectivity index (χ0) is 29.7. The van der Waals surface area contributed by atoms with Crippen LogP contribution < -0.4 is 0 Å². The number of aliphatic imine (C=N–C) groups is 2. The quantitative estimate of drug-likeness (QED) is 0.237. The summed E-state index contributed by atoms with van der Waals surface area (Å²) in [4.78, 5) is 16.0. The highest BCUT2D eigenvalue weighted by molar-refractivity contribution is 6.14. The lowest BCUT2D eigenvalue weighted by atomic mass is 9.90. The molecule has 0 fully saturated rings. The molecule has 3 aromatic rings. The van der Waals surface area contributed by atoms with Gasteiger partial charge in [-0.05, 0) is 69.9 Å². The number of pyridine rings is 1. The molecule has 0 spiro atoms. The van der Waals surface area contributed by atoms with Gasteiger partial charge in [-0.2, -0.15) is 0 Å². The van der Waals surface area contributed by atoms with E-state index in [-0.39, 0.29) is 11.8 Å². The van der Waals surface area contributed by atoms with Crippen LogP contribution in [-0.2, 0) is 0 Å². The van der Waals surface area contributed by atoms with Gasteiger partial charge in [0.15, 0.2) is 0 Å². The van der Waals surface area contributed by atoms with Crippen LogP contribution in [0.5, 0.6) is 0 Å². The summed E-state index contributed by atoms with van der Waals surface area (Å²) in [6.45, 7) is 26.9. The Hall–Kier alpha value is -3.07. The molecule has 0 aliphatic rings. The van der Waals surface area contributed by atoms with Gasteiger partial charge in [0.2, 0.25) is 0 Å². The molecule has 2 aromatic carbocycles. The van der Waals surface area contributed by atoms with Gasteiger partial charge in [0, 0.05) is 11.8 Å². The van der Waals surface area contributed by atoms with E-state index in [0.29, 0.717) is 23.7 Å². The van der Waals surface area contributed by atoms with Crippen molar-refractivity contribution in [3.8, 4) is 0 Å². The molecule has 0 saturated carbocycles. The Morgan fingerprint density at radius 3 is 1.23 bits per heavy atom. The Balaban J connectivity index is 2.37. The second-order valence-corrected chi connectivity index (χ2v) is 12.9. The summed E-state index contributed by atoms with van der Waals surface area (Å²) in [6.07, 6.45) is 1.90. The van der Waals surface area contributed by atoms with Gasteiger partial charge in [0.25, 0.3) is 0 Å². The van der Waals surface area contributed by atoms with Crippen LogP contribution >= 0.6 is 0 Å². The lowest BCUT2D eigenvalue weighted by Gasteiger charge is -2.22. The van der Waals surface area contributed by atoms with E-state index in [9.17, 15) is 0 Å². The van der Waals surface area contributed by atoms with E-state index < -0.39 is 0 Å². The third-order valence-electron chi connectivity index (χ3n) is 7.57. The van der Waals surface area contributed by atoms with E-state index in [4.69, 9.17) is 15.0 Å². The summed E-state index contributed by atoms with van der Waals surface area (Å²) in [5.41, 5.74) is 11.5. The summed E-state index contributed by atoms with van der Waals surface area (Å²) >= 11 is 0. The van der Waals surface area contributed by atoms with Crippen molar-refractivity contribution in [2.45, 2.75) is 107 Å². The molecule has 0 bridgehead atoms. The van der Waals surface area contributed by atoms with Gasteiger partial charge >= 0.3 is 0 Å². The first-order valence-corrected chi connectivity index (χ1v) is 15.2. The average molecular weight is 538 g/mol. The fourth-order valence-electron chi connectivity index (χ4n) is 5.29. The third kappa shape index (κ3) is 6.97. The molecule has 0 atom stereocenters. The van der Waals surface area contributed by atoms with Gasteiger partial charge in [-0.15, -0.1) is 0 Å². The van der Waals surface area contributed by atoms with E-state index in [1.165, 1.54) is 22.3 Å². The number of hydrogen-bond donors (Lipinski definition) is 0. The Kier molecular flexibility index (Phi) is 10.6. The molecule has 3 rings (SSSR count). The number of nitrogens with zero attached hydrogens (tertiary/aromatic N) is 3. The SMILES string of the molecule is CC(C)C(=Nc1c(C(C)C)cccc1C(C)C)c1cccnc1C(=Nc1c(C(C)C)cccc1C(C)C)C(C)C. The highest BCUT2D eigenvalue weighted by Crippen LogP contribution is 2.38. The minimum atomic E-state index is 0.191. The van der Waals surface area contributed by atoms with Crippen LogP contribution in [0, 0.1) is 11.8 Å². The molecule has 1 aromatic heterocycles. The van der Waals surface area contributed by atoms with Crippen molar-refractivity contribution in [3.63, 3.8) is 0 Å². The van der Waals surface area contributed by atoms with Gasteiger partial charge in [-0.25, -0.2) is 0 Å². The topological polar surface area (TPSA) is 37.6 Å². The fourth-order valence-corrected chi connectivity index (χ4v) is 5.29. The van der Waals surface area contributed by atoms with Crippen LogP contribution in [0.15, 0.2) is 64.7 Å². The van der Waals surface area contributed by atoms with Crippen LogP contribution in [0.4, 0.5) is 11.4 Å². The van der Waals surface area contributed by atoms with Gasteiger partial charge in [-0.1, -0.05) is 119 Å². The summed E-state index contributed by atoms with van der Waals surface area (Å²) in [5.74, 6) is 1.93. The summed E-state index contributed by atoms with van der Waals surface area (Å²) in [6, 6.07) is 17.5. The average Bonchev–Trinajstić information content (AvgIpc) is 2.89. The van der Waals surface area contributed by atoms with Crippen molar-refractivity contribution in [3.05, 3.63) is 88.2 Å². The number of benzene rings is 2. The number of para-hydroxylation sites is 2. The second-order valence-electron chi connectivity index (χ2n) is 12.9. The predicted molar refractivity (Wildman–Crippen MR) is 176 cm³/mol. The molecule has 0 aliphatic carbocycles. The van der Waals surface area contributed by atoms with Crippen LogP contribution in [0.1, 0.15) is 140 Å². The van der Waals surface area contributed by atoms with Crippen molar-refractivity contribution in [1.82, 2.24) is 4.98 Å². The van der Waals surface area contributed by atoms with E-state index in [0.717, 1.165) is 34.1 Å². The third-order valence-corrected chi connectivity index (χ3v) is 7.57. The second kappa shape index (κ2) is 13.5. The maximum absolute atomic E-state index is 5.49. The van der Waals surface area contributed by atoms with Gasteiger partial charge in [-0.3, -0.25) is 15.0 Å². The molecule has 0 unspecified atom stereocenters. The maximum atomic E-state index is 5.49. The van der Waals surface area contributed by atoms with Crippen molar-refractivity contribution < 1.29 is 0 Å². The van der Waals surface area contributed by atoms with Crippen LogP contribution in [0.25, 0.3) is 0 Å². The molecule has 3 nitrogen and oxygen atoms in total. The fraction of sp³-hybridized carbons (Fsp3) is 0.486. The Morgan fingerprint density at radius 1 is 0.500 bits per heavy atom. The predicted octanol–water partition coefficient (Wildman–Crippen LogP) is 11.1. The van der Waals surface area contributed by atoms with Gasteiger partial charge < -0.3 is 0 Å². The molecule has 40 heavy (non-hydrogen) atoms.